The molecule has 1 heterocycles. The predicted octanol–water partition coefficient (Wildman–Crippen LogP) is 2.97. The minimum Gasteiger partial charge on any atom is -0.494 e. The van der Waals surface area contributed by atoms with Crippen LogP contribution >= 0.6 is 11.3 Å². The van der Waals surface area contributed by atoms with Crippen LogP contribution in [0.3, 0.4) is 0 Å². The number of ether oxygens (including phenoxy) is 2. The van der Waals surface area contributed by atoms with E-state index in [4.69, 9.17) is 9.47 Å². The van der Waals surface area contributed by atoms with Crippen molar-refractivity contribution in [2.75, 3.05) is 20.3 Å². The van der Waals surface area contributed by atoms with E-state index in [0.717, 1.165) is 16.3 Å². The number of carbonyl (C=O) groups is 1. The maximum absolute atomic E-state index is 12.1. The summed E-state index contributed by atoms with van der Waals surface area (Å²) >= 11 is 1.45. The molecule has 1 aromatic heterocycles. The van der Waals surface area contributed by atoms with Crippen molar-refractivity contribution in [1.29, 1.82) is 0 Å². The Balaban J connectivity index is 2.05. The molecule has 0 aliphatic heterocycles. The van der Waals surface area contributed by atoms with Gasteiger partial charge < -0.3 is 14.8 Å². The molecule has 0 unspecified atom stereocenters. The molecule has 2 rings (SSSR count). The van der Waals surface area contributed by atoms with Crippen LogP contribution < -0.4 is 10.1 Å². The highest BCUT2D eigenvalue weighted by Crippen LogP contribution is 2.25. The standard InChI is InChI=1S/C16H20N2O3S/c1-4-21-13-7-5-12(6-8-13)16-18-14(10-22-16)15(19)17-11(2)9-20-3/h5-8,10-11H,4,9H2,1-3H3,(H,17,19)/t11-/m0/s1. The Bertz CT molecular complexity index is 610. The zero-order valence-corrected chi connectivity index (χ0v) is 13.8. The number of aromatic nitrogens is 1. The SMILES string of the molecule is CCOc1ccc(-c2nc(C(=O)N[C@@H](C)COC)cs2)cc1. The average molecular weight is 320 g/mol. The van der Waals surface area contributed by atoms with E-state index in [0.29, 0.717) is 18.9 Å². The van der Waals surface area contributed by atoms with Crippen molar-refractivity contribution in [3.63, 3.8) is 0 Å². The molecule has 0 spiro atoms. The molecule has 0 bridgehead atoms. The number of hydrogen-bond acceptors (Lipinski definition) is 5. The summed E-state index contributed by atoms with van der Waals surface area (Å²) in [6, 6.07) is 7.65. The lowest BCUT2D eigenvalue weighted by Crippen LogP contribution is -2.35. The van der Waals surface area contributed by atoms with Crippen molar-refractivity contribution < 1.29 is 14.3 Å². The molecule has 6 heteroatoms. The number of nitrogens with one attached hydrogen (secondary N) is 1. The third-order valence-corrected chi connectivity index (χ3v) is 3.83. The Morgan fingerprint density at radius 3 is 2.73 bits per heavy atom. The summed E-state index contributed by atoms with van der Waals surface area (Å²) in [5.74, 6) is 0.646. The Labute approximate surface area is 134 Å². The summed E-state index contributed by atoms with van der Waals surface area (Å²) in [7, 11) is 1.61. The van der Waals surface area contributed by atoms with Gasteiger partial charge in [0.05, 0.1) is 13.2 Å². The highest BCUT2D eigenvalue weighted by molar-refractivity contribution is 7.13. The summed E-state index contributed by atoms with van der Waals surface area (Å²) < 4.78 is 10.4. The lowest BCUT2D eigenvalue weighted by atomic mass is 10.2. The fraction of sp³-hybridized carbons (Fsp3) is 0.375. The number of amides is 1. The summed E-state index contributed by atoms with van der Waals surface area (Å²) in [5, 5.41) is 5.43. The number of methoxy groups -OCH3 is 1. The van der Waals surface area contributed by atoms with Gasteiger partial charge in [-0.1, -0.05) is 0 Å². The summed E-state index contributed by atoms with van der Waals surface area (Å²) in [5.41, 5.74) is 1.40. The molecule has 1 N–H and O–H groups in total. The van der Waals surface area contributed by atoms with Crippen molar-refractivity contribution in [3.8, 4) is 16.3 Å². The van der Waals surface area contributed by atoms with Gasteiger partial charge >= 0.3 is 0 Å². The van der Waals surface area contributed by atoms with Crippen LogP contribution in [0.5, 0.6) is 5.75 Å². The van der Waals surface area contributed by atoms with Crippen LogP contribution in [0.15, 0.2) is 29.6 Å². The molecule has 0 aliphatic carbocycles. The summed E-state index contributed by atoms with van der Waals surface area (Å²) in [6.07, 6.45) is 0. The smallest absolute Gasteiger partial charge is 0.271 e. The van der Waals surface area contributed by atoms with Gasteiger partial charge in [-0.05, 0) is 38.1 Å². The molecular weight excluding hydrogens is 300 g/mol. The molecule has 22 heavy (non-hydrogen) atoms. The Morgan fingerprint density at radius 1 is 1.36 bits per heavy atom. The molecule has 0 saturated carbocycles. The van der Waals surface area contributed by atoms with E-state index in [1.54, 1.807) is 12.5 Å². The highest BCUT2D eigenvalue weighted by Gasteiger charge is 2.14. The second-order valence-electron chi connectivity index (χ2n) is 4.83. The van der Waals surface area contributed by atoms with Gasteiger partial charge in [-0.2, -0.15) is 0 Å². The number of benzene rings is 1. The van der Waals surface area contributed by atoms with Crippen molar-refractivity contribution in [3.05, 3.63) is 35.3 Å². The van der Waals surface area contributed by atoms with Crippen molar-refractivity contribution in [2.45, 2.75) is 19.9 Å². The number of carbonyl (C=O) groups excluding carboxylic acids is 1. The number of nitrogens with zero attached hydrogens (tertiary/aromatic N) is 1. The molecule has 1 aromatic carbocycles. The van der Waals surface area contributed by atoms with Crippen LogP contribution in [0.1, 0.15) is 24.3 Å². The fourth-order valence-corrected chi connectivity index (χ4v) is 2.77. The molecule has 0 aliphatic rings. The van der Waals surface area contributed by atoms with Gasteiger partial charge in [-0.25, -0.2) is 4.98 Å². The van der Waals surface area contributed by atoms with Gasteiger partial charge in [0.15, 0.2) is 0 Å². The first-order chi connectivity index (χ1) is 10.6. The van der Waals surface area contributed by atoms with E-state index in [1.807, 2.05) is 38.1 Å². The van der Waals surface area contributed by atoms with Crippen molar-refractivity contribution in [2.24, 2.45) is 0 Å². The predicted molar refractivity (Wildman–Crippen MR) is 87.5 cm³/mol. The van der Waals surface area contributed by atoms with Gasteiger partial charge in [-0.3, -0.25) is 4.79 Å². The lowest BCUT2D eigenvalue weighted by Gasteiger charge is -2.11. The van der Waals surface area contributed by atoms with Crippen molar-refractivity contribution in [1.82, 2.24) is 10.3 Å². The third-order valence-electron chi connectivity index (χ3n) is 2.94. The molecule has 1 atom stereocenters. The molecule has 118 valence electrons. The van der Waals surface area contributed by atoms with Gasteiger partial charge in [0, 0.05) is 24.1 Å². The van der Waals surface area contributed by atoms with Crippen LogP contribution in [0.25, 0.3) is 10.6 Å². The zero-order chi connectivity index (χ0) is 15.9. The monoisotopic (exact) mass is 320 g/mol. The first-order valence-electron chi connectivity index (χ1n) is 7.12. The van der Waals surface area contributed by atoms with E-state index >= 15 is 0 Å². The third kappa shape index (κ3) is 4.29. The van der Waals surface area contributed by atoms with Crippen LogP contribution in [0.2, 0.25) is 0 Å². The number of hydrogen-bond donors (Lipinski definition) is 1. The molecule has 0 radical (unpaired) electrons. The molecule has 2 aromatic rings. The maximum Gasteiger partial charge on any atom is 0.271 e. The highest BCUT2D eigenvalue weighted by atomic mass is 32.1. The minimum atomic E-state index is -0.182. The normalized spacial score (nSPS) is 12.0. The van der Waals surface area contributed by atoms with Crippen molar-refractivity contribution >= 4 is 17.2 Å². The van der Waals surface area contributed by atoms with Gasteiger partial charge in [0.2, 0.25) is 0 Å². The van der Waals surface area contributed by atoms with E-state index in [-0.39, 0.29) is 11.9 Å². The quantitative estimate of drug-likeness (QED) is 0.852. The molecule has 1 amide bonds. The molecule has 0 fully saturated rings. The Hall–Kier alpha value is -1.92. The molecular formula is C16H20N2O3S. The van der Waals surface area contributed by atoms with Crippen LogP contribution in [-0.4, -0.2) is 37.3 Å². The van der Waals surface area contributed by atoms with Crippen LogP contribution in [0.4, 0.5) is 0 Å². The molecule has 0 saturated heterocycles. The van der Waals surface area contributed by atoms with E-state index in [9.17, 15) is 4.79 Å². The van der Waals surface area contributed by atoms with Gasteiger partial charge in [0.25, 0.3) is 5.91 Å². The van der Waals surface area contributed by atoms with Gasteiger partial charge in [0.1, 0.15) is 16.5 Å². The maximum atomic E-state index is 12.1. The largest absolute Gasteiger partial charge is 0.494 e. The Kier molecular flexibility index (Phi) is 5.91. The fourth-order valence-electron chi connectivity index (χ4n) is 1.96. The van der Waals surface area contributed by atoms with E-state index < -0.39 is 0 Å². The van der Waals surface area contributed by atoms with Crippen LogP contribution in [0, 0.1) is 0 Å². The van der Waals surface area contributed by atoms with Gasteiger partial charge in [-0.15, -0.1) is 11.3 Å². The van der Waals surface area contributed by atoms with E-state index in [2.05, 4.69) is 10.3 Å². The topological polar surface area (TPSA) is 60.5 Å². The second-order valence-corrected chi connectivity index (χ2v) is 5.68. The lowest BCUT2D eigenvalue weighted by molar-refractivity contribution is 0.0901. The zero-order valence-electron chi connectivity index (χ0n) is 13.0. The molecule has 5 nitrogen and oxygen atoms in total. The number of thiazole rings is 1. The van der Waals surface area contributed by atoms with E-state index in [1.165, 1.54) is 11.3 Å². The first kappa shape index (κ1) is 16.5. The Morgan fingerprint density at radius 2 is 2.09 bits per heavy atom. The summed E-state index contributed by atoms with van der Waals surface area (Å²) in [6.45, 7) is 4.95. The van der Waals surface area contributed by atoms with Crippen LogP contribution in [-0.2, 0) is 4.74 Å². The first-order valence-corrected chi connectivity index (χ1v) is 8.00. The number of rotatable bonds is 7. The minimum absolute atomic E-state index is 0.0480. The average Bonchev–Trinajstić information content (AvgIpc) is 2.98. The summed E-state index contributed by atoms with van der Waals surface area (Å²) in [4.78, 5) is 16.5. The second kappa shape index (κ2) is 7.91.